The van der Waals surface area contributed by atoms with Gasteiger partial charge in [-0.3, -0.25) is 0 Å². The summed E-state index contributed by atoms with van der Waals surface area (Å²) in [4.78, 5) is 0. The van der Waals surface area contributed by atoms with Crippen molar-refractivity contribution < 1.29 is 8.56 Å². The first-order valence-electron chi connectivity index (χ1n) is 0. The predicted octanol–water partition coefficient (Wildman–Crippen LogP) is -3.37. The van der Waals surface area contributed by atoms with Crippen LogP contribution in [0.1, 0.15) is 8.56 Å². The van der Waals surface area contributed by atoms with Crippen molar-refractivity contribution in [2.75, 3.05) is 0 Å². The van der Waals surface area contributed by atoms with Gasteiger partial charge in [-0.15, -0.1) is 0 Å². The smallest absolute Gasteiger partial charge is 1.00 e. The Kier molecular flexibility index (Phi) is 152. The van der Waals surface area contributed by atoms with E-state index in [1.165, 1.54) is 0 Å². The summed E-state index contributed by atoms with van der Waals surface area (Å²) in [6.07, 6.45) is 0. The third kappa shape index (κ3) is 17.7. The van der Waals surface area contributed by atoms with Crippen molar-refractivity contribution in [3.8, 4) is 0 Å². The Morgan fingerprint density at radius 3 is 0.800 bits per heavy atom. The molecule has 0 N–H and O–H groups in total. The molecular weight excluding hydrogens is 371 g/mol. The van der Waals surface area contributed by atoms with Gasteiger partial charge < -0.3 is 8.56 Å². The van der Waals surface area contributed by atoms with Gasteiger partial charge in [0.25, 0.3) is 0 Å². The third-order valence-electron chi connectivity index (χ3n) is 0. The van der Waals surface area contributed by atoms with E-state index >= 15 is 0 Å². The van der Waals surface area contributed by atoms with Crippen LogP contribution in [0.25, 0.3) is 0 Å². The predicted molar refractivity (Wildman–Crippen MR) is 46.6 cm³/mol. The molecule has 0 radical (unpaired) electrons. The molecule has 0 aromatic heterocycles. The normalized spacial score (nSPS) is 0. The Bertz CT molecular complexity index is 18.5. The largest absolute Gasteiger partial charge is 2.00 e. The molecule has 28 valence electrons. The van der Waals surface area contributed by atoms with Gasteiger partial charge in [0.05, 0.1) is 0 Å². The second-order valence-electron chi connectivity index (χ2n) is 0. The van der Waals surface area contributed by atoms with E-state index < -0.39 is 0 Å². The SMILES string of the molecule is [Ba+2].[Ba+2].[Ca+2].[H-].[H-].[H-].[H-].[H-].[H-].[SiH4].[SiH4]. The standard InChI is InChI=1S/2Ba.Ca.2H4Si.6H/h;;;2*1H4;;;;;;/q3*+2;;;6*-1. The maximum absolute atomic E-state index is 0. The van der Waals surface area contributed by atoms with E-state index in [1.807, 2.05) is 0 Å². The van der Waals surface area contributed by atoms with Crippen LogP contribution in [-0.4, -0.2) is 157 Å². The zero-order chi connectivity index (χ0) is 0. The van der Waals surface area contributed by atoms with Crippen molar-refractivity contribution in [2.45, 2.75) is 0 Å². The van der Waals surface area contributed by atoms with E-state index in [0.29, 0.717) is 0 Å². The molecule has 0 nitrogen and oxygen atoms in total. The molecule has 5 heteroatoms. The third-order valence-corrected chi connectivity index (χ3v) is 0. The van der Waals surface area contributed by atoms with Crippen LogP contribution < -0.4 is 0 Å². The second-order valence-corrected chi connectivity index (χ2v) is 0. The summed E-state index contributed by atoms with van der Waals surface area (Å²) in [5.41, 5.74) is 0. The summed E-state index contributed by atoms with van der Waals surface area (Å²) in [7, 11) is 0. The topological polar surface area (TPSA) is 0 Å². The maximum Gasteiger partial charge on any atom is 2.00 e. The summed E-state index contributed by atoms with van der Waals surface area (Å²) < 4.78 is 0. The summed E-state index contributed by atoms with van der Waals surface area (Å²) in [5.74, 6) is 0. The minimum Gasteiger partial charge on any atom is -1.00 e. The Balaban J connectivity index is 0. The zero-order valence-corrected chi connectivity index (χ0v) is 13.2. The van der Waals surface area contributed by atoms with Crippen LogP contribution in [0.3, 0.4) is 0 Å². The van der Waals surface area contributed by atoms with E-state index in [1.54, 1.807) is 0 Å². The zero-order valence-electron chi connectivity index (χ0n) is 8.12. The van der Waals surface area contributed by atoms with Crippen LogP contribution in [0.5, 0.6) is 0 Å². The Hall–Kier alpha value is 4.84. The molecule has 0 saturated carbocycles. The van der Waals surface area contributed by atoms with E-state index in [-0.39, 0.29) is 166 Å². The summed E-state index contributed by atoms with van der Waals surface area (Å²) >= 11 is 0. The molecule has 0 spiro atoms. The molecule has 0 bridgehead atoms. The van der Waals surface area contributed by atoms with Gasteiger partial charge >= 0.3 is 136 Å². The summed E-state index contributed by atoms with van der Waals surface area (Å²) in [6.45, 7) is 0. The van der Waals surface area contributed by atoms with E-state index in [0.717, 1.165) is 0 Å². The van der Waals surface area contributed by atoms with E-state index in [4.69, 9.17) is 0 Å². The molecule has 0 heterocycles. The van der Waals surface area contributed by atoms with Crippen molar-refractivity contribution >= 4 is 157 Å². The fourth-order valence-electron chi connectivity index (χ4n) is 0. The maximum atomic E-state index is 0. The molecule has 0 aliphatic heterocycles. The first-order chi connectivity index (χ1) is 0. The molecule has 0 saturated heterocycles. The van der Waals surface area contributed by atoms with Crippen molar-refractivity contribution in [2.24, 2.45) is 0 Å². The monoisotopic (exact) mass is 386 g/mol. The first kappa shape index (κ1) is 32.8. The molecule has 0 aromatic carbocycles. The van der Waals surface area contributed by atoms with Crippen LogP contribution in [0.15, 0.2) is 0 Å². The van der Waals surface area contributed by atoms with Crippen molar-refractivity contribution in [1.29, 1.82) is 0 Å². The number of hydrogen-bond acceptors (Lipinski definition) is 0. The van der Waals surface area contributed by atoms with Gasteiger partial charge in [-0.05, 0) is 21.9 Å². The van der Waals surface area contributed by atoms with Crippen LogP contribution in [-0.2, 0) is 0 Å². The molecular formula is H14Ba2CaSi2. The van der Waals surface area contributed by atoms with E-state index in [2.05, 4.69) is 0 Å². The number of hydrogen-bond donors (Lipinski definition) is 0. The van der Waals surface area contributed by atoms with Gasteiger partial charge in [0.2, 0.25) is 0 Å². The van der Waals surface area contributed by atoms with Gasteiger partial charge in [-0.2, -0.15) is 0 Å². The Labute approximate surface area is 161 Å². The molecule has 0 atom stereocenters. The minimum atomic E-state index is 0. The molecule has 0 fully saturated rings. The quantitative estimate of drug-likeness (QED) is 0.383. The molecule has 0 unspecified atom stereocenters. The van der Waals surface area contributed by atoms with Gasteiger partial charge in [-0.1, -0.05) is 0 Å². The molecule has 0 amide bonds. The average molecular weight is 385 g/mol. The molecule has 0 aromatic rings. The molecule has 0 rings (SSSR count). The number of rotatable bonds is 0. The van der Waals surface area contributed by atoms with Crippen LogP contribution >= 0.6 is 0 Å². The fraction of sp³-hybridized carbons (Fsp3) is 0. The van der Waals surface area contributed by atoms with Gasteiger partial charge in [0.15, 0.2) is 0 Å². The first-order valence-corrected chi connectivity index (χ1v) is 0. The van der Waals surface area contributed by atoms with Crippen molar-refractivity contribution in [3.63, 3.8) is 0 Å². The minimum absolute atomic E-state index is 0. The van der Waals surface area contributed by atoms with Gasteiger partial charge in [0, 0.05) is 0 Å². The van der Waals surface area contributed by atoms with Crippen molar-refractivity contribution in [1.82, 2.24) is 0 Å². The van der Waals surface area contributed by atoms with Crippen LogP contribution in [0.2, 0.25) is 0 Å². The summed E-state index contributed by atoms with van der Waals surface area (Å²) in [5, 5.41) is 0. The van der Waals surface area contributed by atoms with Gasteiger partial charge in [-0.25, -0.2) is 0 Å². The average Bonchev–Trinajstić information content (AvgIpc) is 0. The summed E-state index contributed by atoms with van der Waals surface area (Å²) in [6, 6.07) is 0. The second kappa shape index (κ2) is 23.2. The van der Waals surface area contributed by atoms with Crippen LogP contribution in [0, 0.1) is 0 Å². The van der Waals surface area contributed by atoms with Gasteiger partial charge in [0.1, 0.15) is 0 Å². The Morgan fingerprint density at radius 1 is 0.800 bits per heavy atom. The van der Waals surface area contributed by atoms with E-state index in [9.17, 15) is 0 Å². The fourth-order valence-corrected chi connectivity index (χ4v) is 0. The molecule has 0 aliphatic carbocycles. The Morgan fingerprint density at radius 2 is 0.800 bits per heavy atom. The van der Waals surface area contributed by atoms with Crippen LogP contribution in [0.4, 0.5) is 0 Å². The molecule has 0 aliphatic rings. The van der Waals surface area contributed by atoms with Crippen molar-refractivity contribution in [3.05, 3.63) is 0 Å². The molecule has 5 heavy (non-hydrogen) atoms.